The predicted molar refractivity (Wildman–Crippen MR) is 145 cm³/mol. The summed E-state index contributed by atoms with van der Waals surface area (Å²) >= 11 is 0. The van der Waals surface area contributed by atoms with Gasteiger partial charge in [0.2, 0.25) is 29.5 Å². The third-order valence-electron chi connectivity index (χ3n) is 7.49. The molecule has 2 aliphatic heterocycles. The number of phenols is 2. The lowest BCUT2D eigenvalue weighted by Gasteiger charge is -2.39. The van der Waals surface area contributed by atoms with Gasteiger partial charge in [0.25, 0.3) is 0 Å². The number of methoxy groups -OCH3 is 1. The minimum absolute atomic E-state index is 0.133. The van der Waals surface area contributed by atoms with Crippen molar-refractivity contribution in [2.24, 2.45) is 0 Å². The first-order chi connectivity index (χ1) is 20.9. The monoisotopic (exact) mass is 624 g/mol. The molecule has 16 heteroatoms. The average molecular weight is 625 g/mol. The largest absolute Gasteiger partial charge is 0.508 e. The number of benzene rings is 2. The van der Waals surface area contributed by atoms with Crippen LogP contribution in [-0.2, 0) is 9.47 Å². The Bertz CT molecular complexity index is 1540. The van der Waals surface area contributed by atoms with Crippen LogP contribution in [0.25, 0.3) is 22.3 Å². The summed E-state index contributed by atoms with van der Waals surface area (Å²) in [5, 5.41) is 91.3. The van der Waals surface area contributed by atoms with Crippen LogP contribution in [0.3, 0.4) is 0 Å². The van der Waals surface area contributed by atoms with Gasteiger partial charge in [-0.15, -0.1) is 0 Å². The highest BCUT2D eigenvalue weighted by atomic mass is 16.7. The number of hydrogen-bond donors (Lipinski definition) is 9. The van der Waals surface area contributed by atoms with Crippen LogP contribution in [0.4, 0.5) is 0 Å². The molecule has 0 spiro atoms. The number of aliphatic hydroxyl groups excluding tert-OH is 7. The van der Waals surface area contributed by atoms with Gasteiger partial charge in [0, 0.05) is 11.6 Å². The van der Waals surface area contributed by atoms with Crippen molar-refractivity contribution in [1.82, 2.24) is 0 Å². The lowest BCUT2D eigenvalue weighted by molar-refractivity contribution is -0.277. The molecule has 2 aliphatic rings. The summed E-state index contributed by atoms with van der Waals surface area (Å²) in [4.78, 5) is 13.9. The maximum Gasteiger partial charge on any atom is 0.239 e. The van der Waals surface area contributed by atoms with Gasteiger partial charge >= 0.3 is 0 Å². The number of phenolic OH excluding ortho intramolecular Hbond substituents is 2. The van der Waals surface area contributed by atoms with Crippen LogP contribution in [0.5, 0.6) is 28.7 Å². The Labute approximate surface area is 248 Å². The lowest BCUT2D eigenvalue weighted by Crippen LogP contribution is -2.60. The fraction of sp³-hybridized carbons (Fsp3) is 0.464. The van der Waals surface area contributed by atoms with Crippen LogP contribution < -0.4 is 19.6 Å². The van der Waals surface area contributed by atoms with E-state index in [4.69, 9.17) is 28.1 Å². The summed E-state index contributed by atoms with van der Waals surface area (Å²) in [5.41, 5.74) is -1.25. The van der Waals surface area contributed by atoms with Crippen molar-refractivity contribution in [3.8, 4) is 40.1 Å². The van der Waals surface area contributed by atoms with Crippen molar-refractivity contribution in [3.63, 3.8) is 0 Å². The highest BCUT2D eigenvalue weighted by molar-refractivity contribution is 5.93. The highest BCUT2D eigenvalue weighted by Crippen LogP contribution is 2.45. The van der Waals surface area contributed by atoms with Gasteiger partial charge in [0.05, 0.1) is 19.8 Å². The van der Waals surface area contributed by atoms with E-state index in [1.165, 1.54) is 38.3 Å². The standard InChI is InChI=1S/C28H32O16/c1-9-16(32)19(35)21(37)27(40-9)41-13-7-12(31)15-18(34)26(44-28-22(38)20(36)17(33)14(8-29)42-28)23(43-25(15)24(13)39-2)10-3-5-11(30)6-4-10/h3-7,9,14,16-17,19-22,27-33,35-38H,8H2,1-2H3/t9-,14-,16-,17-,19+,20+,21+,22-,27+,28+/m1/s1. The molecule has 0 aliphatic carbocycles. The topological polar surface area (TPSA) is 258 Å². The van der Waals surface area contributed by atoms with Crippen molar-refractivity contribution in [3.05, 3.63) is 40.6 Å². The van der Waals surface area contributed by atoms with Gasteiger partial charge in [-0.2, -0.15) is 0 Å². The second kappa shape index (κ2) is 12.4. The quantitative estimate of drug-likeness (QED) is 0.141. The molecule has 2 fully saturated rings. The van der Waals surface area contributed by atoms with Crippen molar-refractivity contribution in [2.75, 3.05) is 13.7 Å². The molecule has 2 saturated heterocycles. The van der Waals surface area contributed by atoms with Crippen molar-refractivity contribution in [2.45, 2.75) is 68.3 Å². The van der Waals surface area contributed by atoms with E-state index in [0.29, 0.717) is 0 Å². The molecule has 9 N–H and O–H groups in total. The molecule has 2 aromatic carbocycles. The Balaban J connectivity index is 1.66. The zero-order chi connectivity index (χ0) is 32.0. The molecule has 0 unspecified atom stereocenters. The summed E-state index contributed by atoms with van der Waals surface area (Å²) in [7, 11) is 1.19. The van der Waals surface area contributed by atoms with Crippen LogP contribution in [-0.4, -0.2) is 121 Å². The number of aliphatic hydroxyl groups is 7. The van der Waals surface area contributed by atoms with Crippen LogP contribution in [0.15, 0.2) is 39.5 Å². The van der Waals surface area contributed by atoms with Gasteiger partial charge < -0.3 is 74.1 Å². The van der Waals surface area contributed by atoms with Gasteiger partial charge in [0.15, 0.2) is 17.1 Å². The summed E-state index contributed by atoms with van der Waals surface area (Å²) in [5.74, 6) is -2.37. The fourth-order valence-corrected chi connectivity index (χ4v) is 4.99. The minimum Gasteiger partial charge on any atom is -0.508 e. The van der Waals surface area contributed by atoms with E-state index in [9.17, 15) is 50.8 Å². The van der Waals surface area contributed by atoms with Gasteiger partial charge in [-0.05, 0) is 31.2 Å². The third-order valence-corrected chi connectivity index (χ3v) is 7.49. The van der Waals surface area contributed by atoms with E-state index in [1.807, 2.05) is 0 Å². The number of aromatic hydroxyl groups is 2. The molecule has 240 valence electrons. The fourth-order valence-electron chi connectivity index (χ4n) is 4.99. The lowest BCUT2D eigenvalue weighted by atomic mass is 9.99. The predicted octanol–water partition coefficient (Wildman–Crippen LogP) is -1.74. The van der Waals surface area contributed by atoms with Gasteiger partial charge in [-0.3, -0.25) is 4.79 Å². The Morgan fingerprint density at radius 2 is 1.41 bits per heavy atom. The Kier molecular flexibility index (Phi) is 8.90. The molecule has 44 heavy (non-hydrogen) atoms. The van der Waals surface area contributed by atoms with E-state index in [0.717, 1.165) is 6.07 Å². The number of fused-ring (bicyclic) bond motifs is 1. The first-order valence-electron chi connectivity index (χ1n) is 13.4. The highest BCUT2D eigenvalue weighted by Gasteiger charge is 2.46. The molecule has 0 amide bonds. The summed E-state index contributed by atoms with van der Waals surface area (Å²) in [6, 6.07) is 6.20. The third kappa shape index (κ3) is 5.51. The van der Waals surface area contributed by atoms with Crippen molar-refractivity contribution >= 4 is 11.0 Å². The van der Waals surface area contributed by atoms with Crippen LogP contribution in [0, 0.1) is 0 Å². The molecule has 0 radical (unpaired) electrons. The molecule has 5 rings (SSSR count). The molecular formula is C28H32O16. The van der Waals surface area contributed by atoms with Crippen LogP contribution in [0.2, 0.25) is 0 Å². The van der Waals surface area contributed by atoms with E-state index in [-0.39, 0.29) is 34.2 Å². The summed E-state index contributed by atoms with van der Waals surface area (Å²) in [6.45, 7) is 0.669. The SMILES string of the molecule is COc1c(O[C@@H]2O[C@H](C)[C@@H](O)[C@H](O)[C@@H]2O)cc(O)c2c(=O)c(O[C@@H]3O[C@H](CO)[C@@H](O)[C@H](O)[C@H]3O)c(-c3ccc(O)cc3)oc12. The zero-order valence-electron chi connectivity index (χ0n) is 23.3. The second-order valence-corrected chi connectivity index (χ2v) is 10.4. The number of hydrogen-bond acceptors (Lipinski definition) is 16. The average Bonchev–Trinajstić information content (AvgIpc) is 3.00. The van der Waals surface area contributed by atoms with Crippen LogP contribution in [0.1, 0.15) is 6.92 Å². The first kappa shape index (κ1) is 31.7. The van der Waals surface area contributed by atoms with Crippen molar-refractivity contribution in [1.29, 1.82) is 0 Å². The van der Waals surface area contributed by atoms with Crippen molar-refractivity contribution < 1.29 is 74.1 Å². The van der Waals surface area contributed by atoms with Gasteiger partial charge in [-0.25, -0.2) is 0 Å². The van der Waals surface area contributed by atoms with Gasteiger partial charge in [0.1, 0.15) is 59.6 Å². The Morgan fingerprint density at radius 1 is 0.795 bits per heavy atom. The summed E-state index contributed by atoms with van der Waals surface area (Å²) in [6.07, 6.45) is -15.9. The molecule has 1 aromatic heterocycles. The van der Waals surface area contributed by atoms with E-state index in [2.05, 4.69) is 0 Å². The van der Waals surface area contributed by atoms with E-state index >= 15 is 0 Å². The minimum atomic E-state index is -1.90. The van der Waals surface area contributed by atoms with E-state index in [1.54, 1.807) is 0 Å². The van der Waals surface area contributed by atoms with E-state index < -0.39 is 90.3 Å². The molecule has 0 saturated carbocycles. The first-order valence-corrected chi connectivity index (χ1v) is 13.4. The molecular weight excluding hydrogens is 592 g/mol. The molecule has 16 nitrogen and oxygen atoms in total. The molecule has 0 bridgehead atoms. The summed E-state index contributed by atoms with van der Waals surface area (Å²) < 4.78 is 33.7. The Morgan fingerprint density at radius 3 is 2.02 bits per heavy atom. The molecule has 3 aromatic rings. The molecule has 10 atom stereocenters. The zero-order valence-corrected chi connectivity index (χ0v) is 23.3. The van der Waals surface area contributed by atoms with Crippen LogP contribution >= 0.6 is 0 Å². The number of ether oxygens (including phenoxy) is 5. The molecule has 3 heterocycles. The maximum atomic E-state index is 13.9. The van der Waals surface area contributed by atoms with Gasteiger partial charge in [-0.1, -0.05) is 0 Å². The normalized spacial score (nSPS) is 32.4. The smallest absolute Gasteiger partial charge is 0.239 e. The number of rotatable bonds is 7. The Hall–Kier alpha value is -3.71. The maximum absolute atomic E-state index is 13.9. The second-order valence-electron chi connectivity index (χ2n) is 10.4.